The third-order valence-electron chi connectivity index (χ3n) is 23.9. The SMILES string of the molecule is Cc1cc(-c2ccc(-c3ccccc3)cc2)ccc1N1c2ccccc2N(C)C1C.Cc1cc(-c2ccccc2)ccc1-n1c(C)cc(C)[n+]1C.Cc1ccc(-c2ccc(-c3ccccc3)cc2)cc1-n1c(C)cc(C)[n+]1C.Cc1ccc(-c2ccccc2)cc1-n1c(C)cc(C)[n+]1C.Cc1cccc(-c2ccccc2)c1-n1c(C)cc(C)[n+]1C.[Rh].[Rh].[Rh].[Rh].[Rh]. The molecule has 1 aliphatic heterocycles. The van der Waals surface area contributed by atoms with Crippen molar-refractivity contribution >= 4 is 17.1 Å². The van der Waals surface area contributed by atoms with Crippen LogP contribution in [-0.2, 0) is 126 Å². The van der Waals surface area contributed by atoms with Gasteiger partial charge in [0.05, 0.1) is 34.2 Å². The van der Waals surface area contributed by atoms with Gasteiger partial charge in [-0.1, -0.05) is 267 Å². The minimum Gasteiger partial charge on any atom is -0.353 e. The first-order valence-corrected chi connectivity index (χ1v) is 41.8. The van der Waals surface area contributed by atoms with Crippen molar-refractivity contribution in [1.29, 1.82) is 0 Å². The third-order valence-corrected chi connectivity index (χ3v) is 23.9. The fourth-order valence-corrected chi connectivity index (χ4v) is 16.9. The predicted octanol–water partition coefficient (Wildman–Crippen LogP) is 24.5. The van der Waals surface area contributed by atoms with Gasteiger partial charge in [0, 0.05) is 168 Å². The minimum atomic E-state index is 0. The summed E-state index contributed by atoms with van der Waals surface area (Å²) in [5.74, 6) is 0. The number of aromatic nitrogens is 8. The summed E-state index contributed by atoms with van der Waals surface area (Å²) < 4.78 is 17.9. The molecule has 0 amide bonds. The number of para-hydroxylation sites is 3. The van der Waals surface area contributed by atoms with E-state index >= 15 is 0 Å². The minimum absolute atomic E-state index is 0. The number of nitrogens with zero attached hydrogens (tertiary/aromatic N) is 10. The van der Waals surface area contributed by atoms with Crippen LogP contribution < -0.4 is 28.5 Å². The van der Waals surface area contributed by atoms with E-state index in [2.05, 4.69) is 519 Å². The van der Waals surface area contributed by atoms with Crippen molar-refractivity contribution in [3.63, 3.8) is 0 Å². The van der Waals surface area contributed by atoms with Gasteiger partial charge >= 0.3 is 0 Å². The van der Waals surface area contributed by atoms with Crippen LogP contribution >= 0.6 is 0 Å². The summed E-state index contributed by atoms with van der Waals surface area (Å²) in [6, 6.07) is 121. The molecule has 0 saturated heterocycles. The van der Waals surface area contributed by atoms with E-state index < -0.39 is 0 Å². The summed E-state index contributed by atoms with van der Waals surface area (Å²) in [5.41, 5.74) is 42.8. The number of anilines is 3. The zero-order chi connectivity index (χ0) is 84.6. The molecule has 5 heterocycles. The van der Waals surface area contributed by atoms with Crippen molar-refractivity contribution in [2.24, 2.45) is 28.2 Å². The quantitative estimate of drug-likeness (QED) is 0.0904. The molecule has 125 heavy (non-hydrogen) atoms. The van der Waals surface area contributed by atoms with Crippen LogP contribution in [0.1, 0.15) is 80.3 Å². The summed E-state index contributed by atoms with van der Waals surface area (Å²) in [4.78, 5) is 4.78. The fraction of sp³-hybridized carbons (Fsp3) is 0.182. The Bertz CT molecular complexity index is 6450. The van der Waals surface area contributed by atoms with Crippen molar-refractivity contribution in [3.05, 3.63) is 413 Å². The molecule has 0 aliphatic carbocycles. The van der Waals surface area contributed by atoms with Crippen LogP contribution in [0.15, 0.2) is 340 Å². The molecule has 0 spiro atoms. The van der Waals surface area contributed by atoms with Gasteiger partial charge in [0.25, 0.3) is 0 Å². The van der Waals surface area contributed by atoms with E-state index in [1.807, 2.05) is 0 Å². The molecular formula is C110H114N10Rh5+4. The predicted molar refractivity (Wildman–Crippen MR) is 500 cm³/mol. The number of benzene rings is 13. The molecule has 0 N–H and O–H groups in total. The van der Waals surface area contributed by atoms with Gasteiger partial charge in [-0.25, -0.2) is 0 Å². The van der Waals surface area contributed by atoms with Crippen LogP contribution in [0.25, 0.3) is 101 Å². The van der Waals surface area contributed by atoms with E-state index in [1.165, 1.54) is 191 Å². The van der Waals surface area contributed by atoms with Crippen LogP contribution in [0.4, 0.5) is 17.1 Å². The molecule has 15 heteroatoms. The summed E-state index contributed by atoms with van der Waals surface area (Å²) >= 11 is 0. The molecule has 18 rings (SSSR count). The molecule has 1 aliphatic rings. The van der Waals surface area contributed by atoms with E-state index in [0.29, 0.717) is 0 Å². The number of rotatable bonds is 12. The molecule has 0 bridgehead atoms. The number of hydrogen-bond donors (Lipinski definition) is 0. The fourth-order valence-electron chi connectivity index (χ4n) is 16.9. The Kier molecular flexibility index (Phi) is 34.6. The Hall–Kier alpha value is -10.6. The van der Waals surface area contributed by atoms with Crippen LogP contribution in [0.5, 0.6) is 0 Å². The van der Waals surface area contributed by atoms with E-state index in [1.54, 1.807) is 0 Å². The van der Waals surface area contributed by atoms with Gasteiger partial charge in [0.2, 0.25) is 22.8 Å². The molecular weight excluding hydrogens is 1980 g/mol. The maximum absolute atomic E-state index is 2.44. The summed E-state index contributed by atoms with van der Waals surface area (Å²) in [5, 5.41) is 0. The van der Waals surface area contributed by atoms with Crippen molar-refractivity contribution in [2.45, 2.75) is 103 Å². The molecule has 0 fully saturated rings. The topological polar surface area (TPSA) is 41.7 Å². The molecule has 4 aromatic heterocycles. The van der Waals surface area contributed by atoms with Gasteiger partial charge in [-0.05, 0) is 218 Å². The smallest absolute Gasteiger partial charge is 0.205 e. The van der Waals surface area contributed by atoms with Crippen LogP contribution in [0.3, 0.4) is 0 Å². The molecule has 645 valence electrons. The normalized spacial score (nSPS) is 11.5. The van der Waals surface area contributed by atoms with Crippen LogP contribution in [0.2, 0.25) is 0 Å². The van der Waals surface area contributed by atoms with E-state index in [4.69, 9.17) is 0 Å². The molecule has 17 aromatic rings. The molecule has 0 saturated carbocycles. The van der Waals surface area contributed by atoms with E-state index in [0.717, 1.165) is 0 Å². The summed E-state index contributed by atoms with van der Waals surface area (Å²) in [7, 11) is 10.6. The molecule has 1 atom stereocenters. The second kappa shape index (κ2) is 44.0. The second-order valence-corrected chi connectivity index (χ2v) is 32.1. The molecule has 5 radical (unpaired) electrons. The zero-order valence-electron chi connectivity index (χ0n) is 75.0. The van der Waals surface area contributed by atoms with Gasteiger partial charge in [-0.15, -0.1) is 37.5 Å². The molecule has 10 nitrogen and oxygen atoms in total. The number of aryl methyl sites for hydroxylation is 13. The Morgan fingerprint density at radius 2 is 0.480 bits per heavy atom. The van der Waals surface area contributed by atoms with Crippen LogP contribution in [0, 0.1) is 90.0 Å². The van der Waals surface area contributed by atoms with Gasteiger partial charge in [-0.3, -0.25) is 0 Å². The molecule has 1 unspecified atom stereocenters. The van der Waals surface area contributed by atoms with Gasteiger partial charge in [0.1, 0.15) is 28.9 Å². The van der Waals surface area contributed by atoms with Crippen molar-refractivity contribution < 1.29 is 116 Å². The Labute approximate surface area is 806 Å². The standard InChI is InChI=1S/C28H26N2.C25H25N2.3C19H21N2.5Rh/c1-20-19-25(24-15-13-23(14-16-24)22-9-5-4-6-10-22)17-18-26(20)30-21(2)29(3)27-11-7-8-12-28(27)30;1-18-10-11-24(17-25(18)27-20(3)16-19(2)26(27)4)23-14-12-22(13-15-23)21-8-6-5-7-9-21;1-14-9-8-12-18(17-10-6-5-7-11-17)19(14)21-16(3)13-15(2)20(21)4;1-14-12-18(17-8-6-5-7-9-17)10-11-19(14)21-16(3)13-15(2)20(21)4;1-14-10-11-18(17-8-6-5-7-9-17)13-19(14)21-16(3)12-15(2)20(21)4;;;;;/h4-19,21H,1-3H3;5-17H,1-4H3;3*5-13H,1-4H3;;;;;/q;4*+1;;;;;. The van der Waals surface area contributed by atoms with E-state index in [9.17, 15) is 0 Å². The number of fused-ring (bicyclic) bond motifs is 1. The van der Waals surface area contributed by atoms with Gasteiger partial charge < -0.3 is 9.80 Å². The Balaban J connectivity index is 0.000000177. The van der Waals surface area contributed by atoms with Gasteiger partial charge in [-0.2, -0.15) is 0 Å². The summed E-state index contributed by atoms with van der Waals surface area (Å²) in [6.07, 6.45) is 0.289. The summed E-state index contributed by atoms with van der Waals surface area (Å²) in [6.45, 7) is 30.4. The van der Waals surface area contributed by atoms with Crippen LogP contribution in [-0.4, -0.2) is 31.9 Å². The average Bonchev–Trinajstić information content (AvgIpc) is 1.62. The largest absolute Gasteiger partial charge is 0.353 e. The van der Waals surface area contributed by atoms with E-state index in [-0.39, 0.29) is 104 Å². The first kappa shape index (κ1) is 98.2. The first-order valence-electron chi connectivity index (χ1n) is 41.8. The maximum atomic E-state index is 2.44. The Morgan fingerprint density at radius 1 is 0.208 bits per heavy atom. The third kappa shape index (κ3) is 21.8. The van der Waals surface area contributed by atoms with Crippen molar-refractivity contribution in [3.8, 4) is 101 Å². The average molecular weight is 2090 g/mol. The second-order valence-electron chi connectivity index (χ2n) is 32.1. The monoisotopic (exact) mass is 2090 g/mol. The first-order chi connectivity index (χ1) is 57.9. The van der Waals surface area contributed by atoms with Crippen molar-refractivity contribution in [1.82, 2.24) is 18.7 Å². The number of hydrogen-bond acceptors (Lipinski definition) is 2. The maximum Gasteiger partial charge on any atom is 0.205 e. The Morgan fingerprint density at radius 3 is 0.824 bits per heavy atom. The molecule has 13 aromatic carbocycles. The van der Waals surface area contributed by atoms with Crippen molar-refractivity contribution in [2.75, 3.05) is 16.8 Å². The van der Waals surface area contributed by atoms with Gasteiger partial charge in [0.15, 0.2) is 28.2 Å². The zero-order valence-corrected chi connectivity index (χ0v) is 83.2.